The van der Waals surface area contributed by atoms with Crippen molar-refractivity contribution in [1.29, 1.82) is 5.26 Å². The molecule has 24 heavy (non-hydrogen) atoms. The predicted molar refractivity (Wildman–Crippen MR) is 92.7 cm³/mol. The number of hydrogen-bond donors (Lipinski definition) is 2. The zero-order chi connectivity index (χ0) is 17.1. The van der Waals surface area contributed by atoms with Gasteiger partial charge >= 0.3 is 0 Å². The molecule has 2 aliphatic rings. The lowest BCUT2D eigenvalue weighted by Gasteiger charge is -2.29. The van der Waals surface area contributed by atoms with E-state index in [-0.39, 0.29) is 17.7 Å². The summed E-state index contributed by atoms with van der Waals surface area (Å²) in [5.41, 5.74) is 7.11. The van der Waals surface area contributed by atoms with Gasteiger partial charge in [-0.1, -0.05) is 0 Å². The Bertz CT molecular complexity index is 683. The number of anilines is 1. The SMILES string of the molecule is N#Cc1c(NC(=O)CN2CCC(C(N)=O)CC2)sc2c1CCCC2. The fourth-order valence-corrected chi connectivity index (χ4v) is 4.77. The Morgan fingerprint density at radius 2 is 2.00 bits per heavy atom. The Labute approximate surface area is 145 Å². The van der Waals surface area contributed by atoms with Crippen LogP contribution in [0.1, 0.15) is 41.7 Å². The molecule has 0 unspecified atom stereocenters. The lowest BCUT2D eigenvalue weighted by molar-refractivity contribution is -0.123. The Kier molecular flexibility index (Phi) is 5.17. The summed E-state index contributed by atoms with van der Waals surface area (Å²) >= 11 is 1.55. The van der Waals surface area contributed by atoms with E-state index in [4.69, 9.17) is 5.73 Å². The summed E-state index contributed by atoms with van der Waals surface area (Å²) in [7, 11) is 0. The minimum absolute atomic E-state index is 0.0708. The number of rotatable bonds is 4. The predicted octanol–water partition coefficient (Wildman–Crippen LogP) is 1.63. The average Bonchev–Trinajstić information content (AvgIpc) is 2.92. The Hall–Kier alpha value is -1.91. The van der Waals surface area contributed by atoms with Gasteiger partial charge in [0.25, 0.3) is 0 Å². The van der Waals surface area contributed by atoms with E-state index < -0.39 is 0 Å². The van der Waals surface area contributed by atoms with Crippen molar-refractivity contribution < 1.29 is 9.59 Å². The van der Waals surface area contributed by atoms with Crippen molar-refractivity contribution >= 4 is 28.2 Å². The maximum absolute atomic E-state index is 12.3. The van der Waals surface area contributed by atoms with Gasteiger partial charge in [0, 0.05) is 10.8 Å². The van der Waals surface area contributed by atoms with E-state index in [1.807, 2.05) is 4.90 Å². The van der Waals surface area contributed by atoms with E-state index in [9.17, 15) is 14.9 Å². The second-order valence-corrected chi connectivity index (χ2v) is 7.63. The molecule has 2 heterocycles. The molecule has 0 spiro atoms. The van der Waals surface area contributed by atoms with Crippen LogP contribution in [0.4, 0.5) is 5.00 Å². The van der Waals surface area contributed by atoms with Crippen LogP contribution < -0.4 is 11.1 Å². The second kappa shape index (κ2) is 7.32. The lowest BCUT2D eigenvalue weighted by Crippen LogP contribution is -2.42. The standard InChI is InChI=1S/C17H22N4O2S/c18-9-13-12-3-1-2-4-14(12)24-17(13)20-15(22)10-21-7-5-11(6-8-21)16(19)23/h11H,1-8,10H2,(H2,19,23)(H,20,22). The largest absolute Gasteiger partial charge is 0.369 e. The quantitative estimate of drug-likeness (QED) is 0.865. The van der Waals surface area contributed by atoms with Gasteiger partial charge < -0.3 is 11.1 Å². The van der Waals surface area contributed by atoms with E-state index in [0.29, 0.717) is 43.0 Å². The van der Waals surface area contributed by atoms with Crippen LogP contribution in [0.3, 0.4) is 0 Å². The highest BCUT2D eigenvalue weighted by molar-refractivity contribution is 7.16. The number of piperidine rings is 1. The van der Waals surface area contributed by atoms with Crippen LogP contribution in [0.25, 0.3) is 0 Å². The molecule has 0 radical (unpaired) electrons. The summed E-state index contributed by atoms with van der Waals surface area (Å²) in [6.45, 7) is 1.69. The highest BCUT2D eigenvalue weighted by Crippen LogP contribution is 2.37. The number of primary amides is 1. The monoisotopic (exact) mass is 346 g/mol. The molecule has 1 saturated heterocycles. The average molecular weight is 346 g/mol. The number of carbonyl (C=O) groups is 2. The topological polar surface area (TPSA) is 99.2 Å². The fraction of sp³-hybridized carbons (Fsp3) is 0.588. The summed E-state index contributed by atoms with van der Waals surface area (Å²) in [6.07, 6.45) is 5.62. The maximum atomic E-state index is 12.3. The molecule has 6 nitrogen and oxygen atoms in total. The summed E-state index contributed by atoms with van der Waals surface area (Å²) in [6, 6.07) is 2.26. The molecule has 7 heteroatoms. The van der Waals surface area contributed by atoms with Gasteiger partial charge in [-0.25, -0.2) is 0 Å². The van der Waals surface area contributed by atoms with Crippen LogP contribution >= 0.6 is 11.3 Å². The number of nitrogens with two attached hydrogens (primary N) is 1. The first-order chi connectivity index (χ1) is 11.6. The fourth-order valence-electron chi connectivity index (χ4n) is 3.52. The minimum atomic E-state index is -0.248. The number of fused-ring (bicyclic) bond motifs is 1. The number of amides is 2. The first-order valence-corrected chi connectivity index (χ1v) is 9.26. The third-order valence-electron chi connectivity index (χ3n) is 4.89. The summed E-state index contributed by atoms with van der Waals surface area (Å²) in [4.78, 5) is 26.8. The van der Waals surface area contributed by atoms with E-state index in [0.717, 1.165) is 31.2 Å². The molecule has 3 N–H and O–H groups in total. The molecule has 128 valence electrons. The van der Waals surface area contributed by atoms with Crippen molar-refractivity contribution in [3.63, 3.8) is 0 Å². The van der Waals surface area contributed by atoms with Gasteiger partial charge in [0.05, 0.1) is 12.1 Å². The molecule has 1 aromatic rings. The number of hydrogen-bond acceptors (Lipinski definition) is 5. The van der Waals surface area contributed by atoms with Crippen LogP contribution in [-0.4, -0.2) is 36.3 Å². The zero-order valence-corrected chi connectivity index (χ0v) is 14.5. The van der Waals surface area contributed by atoms with Gasteiger partial charge in [0.15, 0.2) is 0 Å². The normalized spacial score (nSPS) is 18.6. The number of nitrogens with zero attached hydrogens (tertiary/aromatic N) is 2. The van der Waals surface area contributed by atoms with Crippen molar-refractivity contribution in [2.24, 2.45) is 11.7 Å². The molecule has 0 saturated carbocycles. The van der Waals surface area contributed by atoms with Crippen LogP contribution in [0.15, 0.2) is 0 Å². The van der Waals surface area contributed by atoms with Gasteiger partial charge in [-0.3, -0.25) is 14.5 Å². The van der Waals surface area contributed by atoms with Crippen molar-refractivity contribution in [2.45, 2.75) is 38.5 Å². The number of thiophene rings is 1. The molecular formula is C17H22N4O2S. The van der Waals surface area contributed by atoms with Gasteiger partial charge in [0.1, 0.15) is 11.1 Å². The van der Waals surface area contributed by atoms with Crippen LogP contribution in [0.2, 0.25) is 0 Å². The molecule has 1 aliphatic heterocycles. The van der Waals surface area contributed by atoms with Crippen molar-refractivity contribution in [3.8, 4) is 6.07 Å². The number of nitriles is 1. The molecule has 3 rings (SSSR count). The number of nitrogens with one attached hydrogen (secondary N) is 1. The zero-order valence-electron chi connectivity index (χ0n) is 13.6. The summed E-state index contributed by atoms with van der Waals surface area (Å²) < 4.78 is 0. The van der Waals surface area contributed by atoms with Crippen LogP contribution in [0.5, 0.6) is 0 Å². The highest BCUT2D eigenvalue weighted by atomic mass is 32.1. The minimum Gasteiger partial charge on any atom is -0.369 e. The van der Waals surface area contributed by atoms with Gasteiger partial charge in [-0.05, 0) is 57.2 Å². The van der Waals surface area contributed by atoms with Crippen LogP contribution in [-0.2, 0) is 22.4 Å². The number of likely N-dealkylation sites (tertiary alicyclic amines) is 1. The summed E-state index contributed by atoms with van der Waals surface area (Å²) in [5, 5.41) is 13.0. The third kappa shape index (κ3) is 3.60. The second-order valence-electron chi connectivity index (χ2n) is 6.53. The van der Waals surface area contributed by atoms with E-state index in [1.165, 1.54) is 4.88 Å². The summed E-state index contributed by atoms with van der Waals surface area (Å²) in [5.74, 6) is -0.414. The molecule has 0 bridgehead atoms. The Balaban J connectivity index is 1.59. The maximum Gasteiger partial charge on any atom is 0.239 e. The molecule has 1 fully saturated rings. The van der Waals surface area contributed by atoms with Crippen LogP contribution in [0, 0.1) is 17.2 Å². The Morgan fingerprint density at radius 3 is 2.67 bits per heavy atom. The number of carbonyl (C=O) groups excluding carboxylic acids is 2. The first-order valence-electron chi connectivity index (χ1n) is 8.44. The van der Waals surface area contributed by atoms with Crippen molar-refractivity contribution in [1.82, 2.24) is 4.90 Å². The molecule has 1 aliphatic carbocycles. The van der Waals surface area contributed by atoms with Gasteiger partial charge in [-0.2, -0.15) is 5.26 Å². The van der Waals surface area contributed by atoms with E-state index in [2.05, 4.69) is 11.4 Å². The van der Waals surface area contributed by atoms with E-state index >= 15 is 0 Å². The Morgan fingerprint density at radius 1 is 1.29 bits per heavy atom. The molecular weight excluding hydrogens is 324 g/mol. The number of aryl methyl sites for hydroxylation is 1. The highest BCUT2D eigenvalue weighted by Gasteiger charge is 2.25. The van der Waals surface area contributed by atoms with E-state index in [1.54, 1.807) is 11.3 Å². The first kappa shape index (κ1) is 16.9. The molecule has 1 aromatic heterocycles. The molecule has 0 atom stereocenters. The van der Waals surface area contributed by atoms with Crippen molar-refractivity contribution in [2.75, 3.05) is 25.0 Å². The molecule has 2 amide bonds. The molecule has 0 aromatic carbocycles. The van der Waals surface area contributed by atoms with Crippen molar-refractivity contribution in [3.05, 3.63) is 16.0 Å². The third-order valence-corrected chi connectivity index (χ3v) is 6.10. The van der Waals surface area contributed by atoms with Gasteiger partial charge in [-0.15, -0.1) is 11.3 Å². The van der Waals surface area contributed by atoms with Gasteiger partial charge in [0.2, 0.25) is 11.8 Å². The smallest absolute Gasteiger partial charge is 0.239 e. The lowest BCUT2D eigenvalue weighted by atomic mass is 9.96.